The van der Waals surface area contributed by atoms with Crippen LogP contribution in [0.1, 0.15) is 64.4 Å². The molecule has 0 amide bonds. The lowest BCUT2D eigenvalue weighted by molar-refractivity contribution is -0.230. The van der Waals surface area contributed by atoms with E-state index in [0.717, 1.165) is 24.9 Å². The van der Waals surface area contributed by atoms with Gasteiger partial charge in [0.25, 0.3) is 0 Å². The fourth-order valence-corrected chi connectivity index (χ4v) is 11.9. The quantitative estimate of drug-likeness (QED) is 0.486. The molecule has 1 aromatic carbocycles. The number of methoxy groups -OCH3 is 1. The molecule has 5 bridgehead atoms. The lowest BCUT2D eigenvalue weighted by Gasteiger charge is -2.63. The van der Waals surface area contributed by atoms with Gasteiger partial charge in [-0.3, -0.25) is 4.79 Å². The van der Waals surface area contributed by atoms with Crippen LogP contribution in [0.15, 0.2) is 36.4 Å². The number of nitrogens with one attached hydrogen (secondary N) is 1. The summed E-state index contributed by atoms with van der Waals surface area (Å²) >= 11 is 0. The van der Waals surface area contributed by atoms with Crippen molar-refractivity contribution in [2.24, 2.45) is 45.8 Å². The van der Waals surface area contributed by atoms with Crippen LogP contribution in [-0.2, 0) is 16.0 Å². The summed E-state index contributed by atoms with van der Waals surface area (Å²) in [5.41, 5.74) is 1.23. The van der Waals surface area contributed by atoms with Gasteiger partial charge in [0.05, 0.1) is 18.1 Å². The van der Waals surface area contributed by atoms with Crippen LogP contribution in [-0.4, -0.2) is 47.5 Å². The molecule has 5 saturated carbocycles. The minimum atomic E-state index is -1.03. The summed E-state index contributed by atoms with van der Waals surface area (Å²) in [6.07, 6.45) is 12.4. The maximum absolute atomic E-state index is 13.5. The largest absolute Gasteiger partial charge is 0.392 e. The Morgan fingerprint density at radius 3 is 2.84 bits per heavy atom. The molecule has 1 spiro atoms. The zero-order valence-corrected chi connectivity index (χ0v) is 22.6. The first kappa shape index (κ1) is 24.4. The maximum Gasteiger partial charge on any atom is 0.141 e. The molecule has 200 valence electrons. The molecule has 11 atom stereocenters. The van der Waals surface area contributed by atoms with E-state index < -0.39 is 5.60 Å². The summed E-state index contributed by atoms with van der Waals surface area (Å²) in [4.78, 5) is 13.5. The van der Waals surface area contributed by atoms with Gasteiger partial charge in [-0.05, 0) is 104 Å². The van der Waals surface area contributed by atoms with Crippen LogP contribution in [0.5, 0.6) is 0 Å². The molecular weight excluding hydrogens is 462 g/mol. The molecule has 5 fully saturated rings. The van der Waals surface area contributed by atoms with Crippen molar-refractivity contribution in [2.75, 3.05) is 19.0 Å². The molecule has 37 heavy (non-hydrogen) atoms. The number of aliphatic hydroxyl groups excluding tert-OH is 1. The van der Waals surface area contributed by atoms with Gasteiger partial charge in [0.1, 0.15) is 11.4 Å². The molecule has 0 aromatic heterocycles. The third-order valence-corrected chi connectivity index (χ3v) is 12.9. The Balaban J connectivity index is 1.26. The highest BCUT2D eigenvalue weighted by Crippen LogP contribution is 2.88. The number of hydrogen-bond donors (Lipinski definition) is 3. The number of rotatable bonds is 6. The Morgan fingerprint density at radius 2 is 2.05 bits per heavy atom. The predicted octanol–water partition coefficient (Wildman–Crippen LogP) is 4.77. The second kappa shape index (κ2) is 7.92. The molecule has 5 heteroatoms. The van der Waals surface area contributed by atoms with Gasteiger partial charge in [-0.15, -0.1) is 0 Å². The summed E-state index contributed by atoms with van der Waals surface area (Å²) in [7, 11) is 1.69. The number of carbonyl (C=O) groups excluding carboxylic acids is 1. The molecule has 6 aliphatic carbocycles. The molecule has 6 aliphatic rings. The van der Waals surface area contributed by atoms with Crippen molar-refractivity contribution in [3.05, 3.63) is 42.0 Å². The average Bonchev–Trinajstić information content (AvgIpc) is 3.45. The molecule has 0 radical (unpaired) electrons. The molecule has 3 N–H and O–H groups in total. The number of anilines is 1. The highest BCUT2D eigenvalue weighted by Gasteiger charge is 2.89. The Kier molecular flexibility index (Phi) is 5.22. The zero-order chi connectivity index (χ0) is 25.8. The average molecular weight is 506 g/mol. The van der Waals surface area contributed by atoms with Crippen LogP contribution < -0.4 is 5.32 Å². The monoisotopic (exact) mass is 505 g/mol. The van der Waals surface area contributed by atoms with Crippen molar-refractivity contribution < 1.29 is 19.7 Å². The van der Waals surface area contributed by atoms with Crippen LogP contribution in [0.2, 0.25) is 0 Å². The topological polar surface area (TPSA) is 78.8 Å². The van der Waals surface area contributed by atoms with E-state index in [1.165, 1.54) is 31.2 Å². The van der Waals surface area contributed by atoms with Crippen LogP contribution in [0.3, 0.4) is 0 Å². The summed E-state index contributed by atoms with van der Waals surface area (Å²) in [6, 6.07) is 8.70. The van der Waals surface area contributed by atoms with Gasteiger partial charge in [0.2, 0.25) is 0 Å². The van der Waals surface area contributed by atoms with E-state index in [9.17, 15) is 15.0 Å². The van der Waals surface area contributed by atoms with E-state index in [-0.39, 0.29) is 46.1 Å². The Morgan fingerprint density at radius 1 is 1.24 bits per heavy atom. The van der Waals surface area contributed by atoms with E-state index in [2.05, 4.69) is 48.7 Å². The third-order valence-electron chi connectivity index (χ3n) is 12.9. The molecule has 7 rings (SSSR count). The van der Waals surface area contributed by atoms with Gasteiger partial charge in [-0.2, -0.15) is 0 Å². The van der Waals surface area contributed by atoms with Crippen molar-refractivity contribution >= 4 is 11.5 Å². The van der Waals surface area contributed by atoms with Gasteiger partial charge < -0.3 is 20.3 Å². The molecule has 0 aliphatic heterocycles. The number of carbonyl (C=O) groups is 1. The van der Waals surface area contributed by atoms with Crippen molar-refractivity contribution in [1.29, 1.82) is 0 Å². The number of allylic oxidation sites excluding steroid dienone is 2. The minimum Gasteiger partial charge on any atom is -0.392 e. The second-order valence-electron chi connectivity index (χ2n) is 13.7. The van der Waals surface area contributed by atoms with Crippen molar-refractivity contribution in [2.45, 2.75) is 83.0 Å². The fourth-order valence-electron chi connectivity index (χ4n) is 11.9. The number of benzene rings is 1. The lowest BCUT2D eigenvalue weighted by atomic mass is 9.41. The van der Waals surface area contributed by atoms with Gasteiger partial charge in [0.15, 0.2) is 0 Å². The second-order valence-corrected chi connectivity index (χ2v) is 13.7. The van der Waals surface area contributed by atoms with Gasteiger partial charge in [0, 0.05) is 31.2 Å². The van der Waals surface area contributed by atoms with Crippen molar-refractivity contribution in [3.63, 3.8) is 0 Å². The SMILES string of the molecule is COC1CC(=O)C2C3CC4CCC56CCC(Cc7cccc(NCC(C)O)c7)C5C=CCC4(C12O)C36C. The number of ether oxygens (including phenoxy) is 1. The highest BCUT2D eigenvalue weighted by atomic mass is 16.5. The molecule has 0 heterocycles. The predicted molar refractivity (Wildman–Crippen MR) is 143 cm³/mol. The van der Waals surface area contributed by atoms with Crippen LogP contribution in [0, 0.1) is 45.8 Å². The molecule has 5 nitrogen and oxygen atoms in total. The smallest absolute Gasteiger partial charge is 0.141 e. The summed E-state index contributed by atoms with van der Waals surface area (Å²) in [6.45, 7) is 4.87. The molecule has 1 aromatic rings. The first-order valence-electron chi connectivity index (χ1n) is 14.7. The molecular formula is C32H43NO4. The van der Waals surface area contributed by atoms with E-state index in [4.69, 9.17) is 4.74 Å². The lowest BCUT2D eigenvalue weighted by Crippen LogP contribution is -2.65. The van der Waals surface area contributed by atoms with Crippen molar-refractivity contribution in [3.8, 4) is 0 Å². The Hall–Kier alpha value is -1.69. The highest BCUT2D eigenvalue weighted by molar-refractivity contribution is 5.88. The van der Waals surface area contributed by atoms with Crippen LogP contribution in [0.4, 0.5) is 5.69 Å². The maximum atomic E-state index is 13.5. The number of Topliss-reactive ketones (excluding diaryl/α,β-unsaturated/α-hetero) is 1. The van der Waals surface area contributed by atoms with Crippen LogP contribution in [0.25, 0.3) is 0 Å². The number of ketones is 1. The van der Waals surface area contributed by atoms with E-state index in [1.54, 1.807) is 14.0 Å². The zero-order valence-electron chi connectivity index (χ0n) is 22.6. The summed E-state index contributed by atoms with van der Waals surface area (Å²) < 4.78 is 5.93. The summed E-state index contributed by atoms with van der Waals surface area (Å²) in [5.74, 6) is 1.80. The normalized spacial score (nSPS) is 49.6. The number of fused-ring (bicyclic) bond motifs is 2. The minimum absolute atomic E-state index is 0.0429. The molecule has 11 unspecified atom stereocenters. The number of aliphatic hydroxyl groups is 2. The summed E-state index contributed by atoms with van der Waals surface area (Å²) in [5, 5.41) is 25.7. The van der Waals surface area contributed by atoms with Gasteiger partial charge in [-0.1, -0.05) is 31.2 Å². The fraction of sp³-hybridized carbons (Fsp3) is 0.719. The number of hydrogen-bond acceptors (Lipinski definition) is 5. The van der Waals surface area contributed by atoms with Crippen molar-refractivity contribution in [1.82, 2.24) is 0 Å². The van der Waals surface area contributed by atoms with E-state index in [1.807, 2.05) is 0 Å². The van der Waals surface area contributed by atoms with E-state index in [0.29, 0.717) is 30.7 Å². The first-order valence-corrected chi connectivity index (χ1v) is 14.7. The third kappa shape index (κ3) is 2.69. The van der Waals surface area contributed by atoms with E-state index >= 15 is 0 Å². The van der Waals surface area contributed by atoms with Gasteiger partial charge >= 0.3 is 0 Å². The standard InChI is InChI=1S/C32H43NO4/c1-19(34)18-33-23-7-4-6-20(15-23)14-21-9-12-30-13-10-22-16-25-28-26(35)17-27(37-3)32(28,36)31(22,29(25,30)2)11-5-8-24(21)30/h4-8,15,19,21-22,24-25,27-28,33-34,36H,9-14,16-18H2,1-3H3. The Bertz CT molecular complexity index is 1150. The Labute approximate surface area is 221 Å². The first-order chi connectivity index (χ1) is 17.7. The van der Waals surface area contributed by atoms with Gasteiger partial charge in [-0.25, -0.2) is 0 Å². The molecule has 0 saturated heterocycles. The van der Waals surface area contributed by atoms with Crippen LogP contribution >= 0.6 is 0 Å².